The van der Waals surface area contributed by atoms with Gasteiger partial charge in [0.2, 0.25) is 0 Å². The summed E-state index contributed by atoms with van der Waals surface area (Å²) in [4.78, 5) is 24.8. The van der Waals surface area contributed by atoms with E-state index in [1.807, 2.05) is 37.3 Å². The van der Waals surface area contributed by atoms with Gasteiger partial charge >= 0.3 is 5.97 Å². The molecule has 0 aliphatic rings. The predicted octanol–water partition coefficient (Wildman–Crippen LogP) is 3.83. The maximum Gasteiger partial charge on any atom is 0.340 e. The summed E-state index contributed by atoms with van der Waals surface area (Å²) in [6, 6.07) is 16.1. The first-order valence-corrected chi connectivity index (χ1v) is 10.1. The summed E-state index contributed by atoms with van der Waals surface area (Å²) in [6.45, 7) is 2.87. The van der Waals surface area contributed by atoms with Gasteiger partial charge in [-0.25, -0.2) is 4.79 Å². The number of amides is 1. The summed E-state index contributed by atoms with van der Waals surface area (Å²) >= 11 is 0. The van der Waals surface area contributed by atoms with Crippen molar-refractivity contribution in [2.45, 2.75) is 26.2 Å². The van der Waals surface area contributed by atoms with Crippen LogP contribution < -0.4 is 15.4 Å². The molecule has 2 rings (SSSR count). The Hall–Kier alpha value is -3.79. The second-order valence-electron chi connectivity index (χ2n) is 6.71. The minimum Gasteiger partial charge on any atom is -0.497 e. The number of unbranched alkanes of at least 4 members (excludes halogenated alkanes) is 1. The summed E-state index contributed by atoms with van der Waals surface area (Å²) in [5.41, 5.74) is 1.55. The minimum absolute atomic E-state index is 0.0936. The van der Waals surface area contributed by atoms with Crippen molar-refractivity contribution in [2.75, 3.05) is 25.6 Å². The molecule has 0 radical (unpaired) electrons. The quantitative estimate of drug-likeness (QED) is 0.248. The van der Waals surface area contributed by atoms with Crippen molar-refractivity contribution >= 4 is 17.6 Å². The summed E-state index contributed by atoms with van der Waals surface area (Å²) in [5.74, 6) is -0.327. The van der Waals surface area contributed by atoms with Crippen molar-refractivity contribution in [2.24, 2.45) is 0 Å². The van der Waals surface area contributed by atoms with Crippen LogP contribution in [0.15, 0.2) is 60.3 Å². The van der Waals surface area contributed by atoms with Gasteiger partial charge in [0, 0.05) is 12.7 Å². The number of ether oxygens (including phenoxy) is 2. The molecular weight excluding hydrogens is 394 g/mol. The molecule has 31 heavy (non-hydrogen) atoms. The lowest BCUT2D eigenvalue weighted by atomic mass is 10.1. The molecule has 0 heterocycles. The van der Waals surface area contributed by atoms with Crippen LogP contribution in [0.2, 0.25) is 0 Å². The standard InChI is InChI=1S/C24H27N3O4/c1-3-4-15-31-24(29)21-7-5-6-8-22(21)27-23(28)19(16-25)17-26-14-13-18-9-11-20(30-2)12-10-18/h5-12,17,26H,3-4,13-15H2,1-2H3,(H,27,28)/b19-17-. The number of nitrogens with zero attached hydrogens (tertiary/aromatic N) is 1. The number of hydrogen-bond donors (Lipinski definition) is 2. The van der Waals surface area contributed by atoms with Crippen molar-refractivity contribution in [1.82, 2.24) is 5.32 Å². The third kappa shape index (κ3) is 7.52. The van der Waals surface area contributed by atoms with Crippen LogP contribution in [0.3, 0.4) is 0 Å². The molecular formula is C24H27N3O4. The zero-order valence-corrected chi connectivity index (χ0v) is 17.8. The van der Waals surface area contributed by atoms with Gasteiger partial charge in [-0.15, -0.1) is 0 Å². The van der Waals surface area contributed by atoms with Crippen LogP contribution in [-0.2, 0) is 16.0 Å². The fourth-order valence-electron chi connectivity index (χ4n) is 2.68. The van der Waals surface area contributed by atoms with Crippen molar-refractivity contribution in [3.05, 3.63) is 71.4 Å². The van der Waals surface area contributed by atoms with Gasteiger partial charge < -0.3 is 20.1 Å². The van der Waals surface area contributed by atoms with E-state index in [0.717, 1.165) is 24.2 Å². The van der Waals surface area contributed by atoms with Gasteiger partial charge in [0.1, 0.15) is 17.4 Å². The van der Waals surface area contributed by atoms with Crippen LogP contribution >= 0.6 is 0 Å². The molecule has 0 fully saturated rings. The number of rotatable bonds is 11. The largest absolute Gasteiger partial charge is 0.497 e. The van der Waals surface area contributed by atoms with Crippen LogP contribution in [0, 0.1) is 11.3 Å². The van der Waals surface area contributed by atoms with E-state index >= 15 is 0 Å². The summed E-state index contributed by atoms with van der Waals surface area (Å²) in [5, 5.41) is 14.9. The van der Waals surface area contributed by atoms with E-state index in [0.29, 0.717) is 25.3 Å². The highest BCUT2D eigenvalue weighted by atomic mass is 16.5. The zero-order valence-electron chi connectivity index (χ0n) is 17.8. The monoisotopic (exact) mass is 421 g/mol. The first-order valence-electron chi connectivity index (χ1n) is 10.1. The maximum absolute atomic E-state index is 12.5. The Morgan fingerprint density at radius 3 is 2.55 bits per heavy atom. The van der Waals surface area contributed by atoms with Crippen molar-refractivity contribution in [1.29, 1.82) is 5.26 Å². The van der Waals surface area contributed by atoms with Crippen molar-refractivity contribution in [3.8, 4) is 11.8 Å². The molecule has 0 saturated carbocycles. The lowest BCUT2D eigenvalue weighted by Gasteiger charge is -2.10. The van der Waals surface area contributed by atoms with Gasteiger partial charge in [0.05, 0.1) is 25.0 Å². The number of carbonyl (C=O) groups excluding carboxylic acids is 2. The Bertz CT molecular complexity index is 946. The smallest absolute Gasteiger partial charge is 0.340 e. The van der Waals surface area contributed by atoms with Gasteiger partial charge in [0.25, 0.3) is 5.91 Å². The number of benzene rings is 2. The van der Waals surface area contributed by atoms with E-state index in [2.05, 4.69) is 10.6 Å². The van der Waals surface area contributed by atoms with Crippen LogP contribution in [0.5, 0.6) is 5.75 Å². The Labute approximate surface area is 182 Å². The summed E-state index contributed by atoms with van der Waals surface area (Å²) < 4.78 is 10.4. The molecule has 2 aromatic carbocycles. The molecule has 0 aromatic heterocycles. The Morgan fingerprint density at radius 2 is 1.87 bits per heavy atom. The normalized spacial score (nSPS) is 10.7. The summed E-state index contributed by atoms with van der Waals surface area (Å²) in [7, 11) is 1.61. The zero-order chi connectivity index (χ0) is 22.5. The van der Waals surface area contributed by atoms with Crippen molar-refractivity contribution < 1.29 is 19.1 Å². The Balaban J connectivity index is 1.94. The third-order valence-corrected chi connectivity index (χ3v) is 4.45. The Kier molecular flexibility index (Phi) is 9.63. The van der Waals surface area contributed by atoms with E-state index in [1.165, 1.54) is 6.20 Å². The molecule has 0 bridgehead atoms. The van der Waals surface area contributed by atoms with E-state index in [1.54, 1.807) is 31.4 Å². The van der Waals surface area contributed by atoms with E-state index in [9.17, 15) is 14.9 Å². The van der Waals surface area contributed by atoms with Gasteiger partial charge in [-0.3, -0.25) is 4.79 Å². The Morgan fingerprint density at radius 1 is 1.13 bits per heavy atom. The molecule has 0 atom stereocenters. The molecule has 0 saturated heterocycles. The second-order valence-corrected chi connectivity index (χ2v) is 6.71. The lowest BCUT2D eigenvalue weighted by Crippen LogP contribution is -2.19. The molecule has 7 heteroatoms. The highest BCUT2D eigenvalue weighted by Crippen LogP contribution is 2.17. The SMILES string of the molecule is CCCCOC(=O)c1ccccc1NC(=O)/C(C#N)=C\NCCc1ccc(OC)cc1. The van der Waals surface area contributed by atoms with Crippen LogP contribution in [0.25, 0.3) is 0 Å². The number of methoxy groups -OCH3 is 1. The second kappa shape index (κ2) is 12.7. The molecule has 0 unspecified atom stereocenters. The number of nitrogens with one attached hydrogen (secondary N) is 2. The van der Waals surface area contributed by atoms with Gasteiger partial charge in [-0.1, -0.05) is 37.6 Å². The fourth-order valence-corrected chi connectivity index (χ4v) is 2.68. The number of nitriles is 1. The number of anilines is 1. The molecule has 2 aromatic rings. The first kappa shape index (κ1) is 23.5. The van der Waals surface area contributed by atoms with E-state index in [-0.39, 0.29) is 11.1 Å². The van der Waals surface area contributed by atoms with Crippen LogP contribution in [-0.4, -0.2) is 32.1 Å². The van der Waals surface area contributed by atoms with Crippen LogP contribution in [0.4, 0.5) is 5.69 Å². The number of hydrogen-bond acceptors (Lipinski definition) is 6. The summed E-state index contributed by atoms with van der Waals surface area (Å²) in [6.07, 6.45) is 3.77. The number of esters is 1. The fraction of sp³-hybridized carbons (Fsp3) is 0.292. The molecule has 0 spiro atoms. The molecule has 1 amide bonds. The topological polar surface area (TPSA) is 100 Å². The highest BCUT2D eigenvalue weighted by Gasteiger charge is 2.16. The lowest BCUT2D eigenvalue weighted by molar-refractivity contribution is -0.112. The minimum atomic E-state index is -0.603. The molecule has 162 valence electrons. The number of carbonyl (C=O) groups is 2. The van der Waals surface area contributed by atoms with Crippen molar-refractivity contribution in [3.63, 3.8) is 0 Å². The molecule has 7 nitrogen and oxygen atoms in total. The molecule has 0 aliphatic heterocycles. The van der Waals surface area contributed by atoms with Crippen LogP contribution in [0.1, 0.15) is 35.7 Å². The van der Waals surface area contributed by atoms with Gasteiger partial charge in [-0.2, -0.15) is 5.26 Å². The average Bonchev–Trinajstić information content (AvgIpc) is 2.80. The third-order valence-electron chi connectivity index (χ3n) is 4.45. The maximum atomic E-state index is 12.5. The molecule has 0 aliphatic carbocycles. The van der Waals surface area contributed by atoms with Gasteiger partial charge in [-0.05, 0) is 42.7 Å². The average molecular weight is 421 g/mol. The van der Waals surface area contributed by atoms with Gasteiger partial charge in [0.15, 0.2) is 0 Å². The van der Waals surface area contributed by atoms with E-state index < -0.39 is 11.9 Å². The molecule has 2 N–H and O–H groups in total. The number of para-hydroxylation sites is 1. The highest BCUT2D eigenvalue weighted by molar-refractivity contribution is 6.09. The first-order chi connectivity index (χ1) is 15.1. The predicted molar refractivity (Wildman–Crippen MR) is 119 cm³/mol. The van der Waals surface area contributed by atoms with E-state index in [4.69, 9.17) is 9.47 Å².